The molecule has 11 heteroatoms. The van der Waals surface area contributed by atoms with E-state index in [9.17, 15) is 14.9 Å². The lowest BCUT2D eigenvalue weighted by atomic mass is 10.1. The zero-order chi connectivity index (χ0) is 21.3. The van der Waals surface area contributed by atoms with Crippen molar-refractivity contribution in [3.63, 3.8) is 0 Å². The van der Waals surface area contributed by atoms with Gasteiger partial charge in [0.15, 0.2) is 8.68 Å². The van der Waals surface area contributed by atoms with Crippen molar-refractivity contribution in [1.82, 2.24) is 15.6 Å². The molecule has 0 spiro atoms. The second kappa shape index (κ2) is 10.9. The molecule has 0 saturated heterocycles. The van der Waals surface area contributed by atoms with Crippen LogP contribution in [0.4, 0.5) is 5.69 Å². The Bertz CT molecular complexity index is 1040. The van der Waals surface area contributed by atoms with Gasteiger partial charge < -0.3 is 0 Å². The molecule has 3 rings (SSSR count). The van der Waals surface area contributed by atoms with Gasteiger partial charge in [0.05, 0.1) is 16.4 Å². The first-order valence-electron chi connectivity index (χ1n) is 8.72. The molecule has 0 aliphatic carbocycles. The van der Waals surface area contributed by atoms with Gasteiger partial charge in [0.1, 0.15) is 0 Å². The predicted molar refractivity (Wildman–Crippen MR) is 120 cm³/mol. The molecule has 1 heterocycles. The summed E-state index contributed by atoms with van der Waals surface area (Å²) in [6, 6.07) is 16.1. The second-order valence-electron chi connectivity index (χ2n) is 5.93. The Balaban J connectivity index is 1.44. The van der Waals surface area contributed by atoms with E-state index < -0.39 is 4.92 Å². The number of amides is 1. The molecule has 0 fully saturated rings. The number of hydrazone groups is 1. The molecule has 1 amide bonds. The number of non-ortho nitro benzene ring substituents is 1. The van der Waals surface area contributed by atoms with Crippen LogP contribution in [-0.2, 0) is 10.5 Å². The second-order valence-corrected chi connectivity index (χ2v) is 9.36. The maximum absolute atomic E-state index is 12.0. The monoisotopic (exact) mass is 459 g/mol. The average Bonchev–Trinajstić information content (AvgIpc) is 3.23. The minimum atomic E-state index is -0.464. The van der Waals surface area contributed by atoms with E-state index in [-0.39, 0.29) is 17.3 Å². The molecule has 0 bridgehead atoms. The fourth-order valence-electron chi connectivity index (χ4n) is 2.23. The topological polar surface area (TPSA) is 110 Å². The number of nitrogens with zero attached hydrogens (tertiary/aromatic N) is 4. The Morgan fingerprint density at radius 3 is 2.43 bits per heavy atom. The van der Waals surface area contributed by atoms with Crippen LogP contribution in [0.5, 0.6) is 0 Å². The van der Waals surface area contributed by atoms with Gasteiger partial charge in [-0.05, 0) is 30.2 Å². The average molecular weight is 460 g/mol. The lowest BCUT2D eigenvalue weighted by molar-refractivity contribution is -0.384. The first kappa shape index (κ1) is 21.9. The summed E-state index contributed by atoms with van der Waals surface area (Å²) in [7, 11) is 0. The van der Waals surface area contributed by atoms with Gasteiger partial charge in [-0.2, -0.15) is 5.10 Å². The standard InChI is InChI=1S/C19H17N5O3S3/c1-13(15-7-9-16(10-8-15)24(26)27)20-21-17(25)12-29-19-23-22-18(30-19)28-11-14-5-3-2-4-6-14/h2-10H,11-12H2,1H3,(H,21,25)/b20-13-. The smallest absolute Gasteiger partial charge is 0.269 e. The van der Waals surface area contributed by atoms with Gasteiger partial charge in [-0.1, -0.05) is 65.2 Å². The Labute approximate surface area is 185 Å². The van der Waals surface area contributed by atoms with E-state index in [4.69, 9.17) is 0 Å². The van der Waals surface area contributed by atoms with Gasteiger partial charge in [-0.25, -0.2) is 5.43 Å². The van der Waals surface area contributed by atoms with Crippen molar-refractivity contribution in [2.24, 2.45) is 5.10 Å². The summed E-state index contributed by atoms with van der Waals surface area (Å²) in [5.41, 5.74) is 4.95. The maximum Gasteiger partial charge on any atom is 0.269 e. The third-order valence-electron chi connectivity index (χ3n) is 3.76. The number of aromatic nitrogens is 2. The van der Waals surface area contributed by atoms with Gasteiger partial charge >= 0.3 is 0 Å². The summed E-state index contributed by atoms with van der Waals surface area (Å²) in [6.45, 7) is 1.72. The third kappa shape index (κ3) is 6.65. The molecular weight excluding hydrogens is 442 g/mol. The number of hydrogen-bond acceptors (Lipinski definition) is 9. The molecule has 0 aliphatic heterocycles. The fraction of sp³-hybridized carbons (Fsp3) is 0.158. The number of carbonyl (C=O) groups is 1. The molecule has 3 aromatic rings. The molecule has 0 atom stereocenters. The van der Waals surface area contributed by atoms with E-state index in [2.05, 4.69) is 32.9 Å². The van der Waals surface area contributed by atoms with Crippen molar-refractivity contribution >= 4 is 52.2 Å². The highest BCUT2D eigenvalue weighted by Gasteiger charge is 2.09. The van der Waals surface area contributed by atoms with E-state index in [0.29, 0.717) is 11.3 Å². The number of hydrogen-bond donors (Lipinski definition) is 1. The Morgan fingerprint density at radius 1 is 1.10 bits per heavy atom. The first-order chi connectivity index (χ1) is 14.5. The molecule has 0 saturated carbocycles. The van der Waals surface area contributed by atoms with Gasteiger partial charge in [0.2, 0.25) is 0 Å². The third-order valence-corrected chi connectivity index (χ3v) is 7.03. The van der Waals surface area contributed by atoms with E-state index in [0.717, 1.165) is 14.4 Å². The van der Waals surface area contributed by atoms with E-state index in [1.807, 2.05) is 18.2 Å². The quantitative estimate of drug-likeness (QED) is 0.219. The largest absolute Gasteiger partial charge is 0.272 e. The van der Waals surface area contributed by atoms with Gasteiger partial charge in [-0.3, -0.25) is 14.9 Å². The molecule has 154 valence electrons. The maximum atomic E-state index is 12.0. The molecular formula is C19H17N5O3S3. The predicted octanol–water partition coefficient (Wildman–Crippen LogP) is 4.37. The molecule has 1 aromatic heterocycles. The van der Waals surface area contributed by atoms with E-state index in [1.54, 1.807) is 30.8 Å². The minimum Gasteiger partial charge on any atom is -0.272 e. The van der Waals surface area contributed by atoms with Crippen LogP contribution in [0.1, 0.15) is 18.1 Å². The Morgan fingerprint density at radius 2 is 1.77 bits per heavy atom. The Hall–Kier alpha value is -2.76. The van der Waals surface area contributed by atoms with Crippen molar-refractivity contribution in [3.05, 3.63) is 75.8 Å². The minimum absolute atomic E-state index is 0.00495. The van der Waals surface area contributed by atoms with Crippen molar-refractivity contribution in [2.45, 2.75) is 21.4 Å². The lowest BCUT2D eigenvalue weighted by Crippen LogP contribution is -2.21. The summed E-state index contributed by atoms with van der Waals surface area (Å²) in [4.78, 5) is 22.3. The van der Waals surface area contributed by atoms with Crippen LogP contribution in [0.15, 0.2) is 68.4 Å². The number of rotatable bonds is 9. The highest BCUT2D eigenvalue weighted by molar-refractivity contribution is 8.03. The summed E-state index contributed by atoms with van der Waals surface area (Å²) in [6.07, 6.45) is 0. The van der Waals surface area contributed by atoms with Crippen LogP contribution >= 0.6 is 34.9 Å². The molecule has 1 N–H and O–H groups in total. The molecule has 8 nitrogen and oxygen atoms in total. The van der Waals surface area contributed by atoms with Crippen LogP contribution in [0.25, 0.3) is 0 Å². The normalized spacial score (nSPS) is 11.3. The van der Waals surface area contributed by atoms with E-state index >= 15 is 0 Å². The number of benzene rings is 2. The fourth-order valence-corrected chi connectivity index (χ4v) is 5.00. The number of nitrogens with one attached hydrogen (secondary N) is 1. The summed E-state index contributed by atoms with van der Waals surface area (Å²) < 4.78 is 1.57. The molecule has 0 unspecified atom stereocenters. The zero-order valence-corrected chi connectivity index (χ0v) is 18.3. The Kier molecular flexibility index (Phi) is 7.94. The highest BCUT2D eigenvalue weighted by Crippen LogP contribution is 2.30. The zero-order valence-electron chi connectivity index (χ0n) is 15.8. The summed E-state index contributed by atoms with van der Waals surface area (Å²) in [5, 5.41) is 23.0. The van der Waals surface area contributed by atoms with Crippen LogP contribution in [0.3, 0.4) is 0 Å². The molecule has 30 heavy (non-hydrogen) atoms. The van der Waals surface area contributed by atoms with Crippen molar-refractivity contribution in [2.75, 3.05) is 5.75 Å². The number of nitro benzene ring substituents is 1. The van der Waals surface area contributed by atoms with Crippen molar-refractivity contribution < 1.29 is 9.72 Å². The van der Waals surface area contributed by atoms with Crippen LogP contribution in [0.2, 0.25) is 0 Å². The van der Waals surface area contributed by atoms with Crippen LogP contribution in [0, 0.1) is 10.1 Å². The van der Waals surface area contributed by atoms with E-state index in [1.165, 1.54) is 40.8 Å². The van der Waals surface area contributed by atoms with Crippen molar-refractivity contribution in [3.8, 4) is 0 Å². The number of nitro groups is 1. The van der Waals surface area contributed by atoms with Gasteiger partial charge in [0.25, 0.3) is 11.6 Å². The van der Waals surface area contributed by atoms with Crippen LogP contribution in [-0.4, -0.2) is 32.5 Å². The first-order valence-corrected chi connectivity index (χ1v) is 11.5. The van der Waals surface area contributed by atoms with Gasteiger partial charge in [0, 0.05) is 17.9 Å². The molecule has 0 radical (unpaired) electrons. The van der Waals surface area contributed by atoms with Gasteiger partial charge in [-0.15, -0.1) is 10.2 Å². The van der Waals surface area contributed by atoms with Crippen molar-refractivity contribution in [1.29, 1.82) is 0 Å². The number of carbonyl (C=O) groups excluding carboxylic acids is 1. The molecule has 2 aromatic carbocycles. The number of thioether (sulfide) groups is 2. The summed E-state index contributed by atoms with van der Waals surface area (Å²) >= 11 is 4.36. The highest BCUT2D eigenvalue weighted by atomic mass is 32.2. The van der Waals surface area contributed by atoms with Crippen LogP contribution < -0.4 is 5.43 Å². The summed E-state index contributed by atoms with van der Waals surface area (Å²) in [5.74, 6) is 0.710. The lowest BCUT2D eigenvalue weighted by Gasteiger charge is -2.02. The SMILES string of the molecule is C/C(=N/NC(=O)CSc1nnc(SCc2ccccc2)s1)c1ccc([N+](=O)[O-])cc1. The molecule has 0 aliphatic rings.